The molecule has 140 valence electrons. The second kappa shape index (κ2) is 7.01. The Morgan fingerprint density at radius 3 is 2.39 bits per heavy atom. The minimum Gasteiger partial charge on any atom is -0.464 e. The molecule has 0 saturated heterocycles. The van der Waals surface area contributed by atoms with E-state index in [1.807, 2.05) is 41.4 Å². The van der Waals surface area contributed by atoms with Crippen molar-refractivity contribution in [3.63, 3.8) is 0 Å². The molecule has 0 aliphatic carbocycles. The minimum atomic E-state index is -0.315. The van der Waals surface area contributed by atoms with Gasteiger partial charge in [0.1, 0.15) is 11.6 Å². The van der Waals surface area contributed by atoms with E-state index in [0.717, 1.165) is 43.5 Å². The summed E-state index contributed by atoms with van der Waals surface area (Å²) >= 11 is 7.05. The van der Waals surface area contributed by atoms with E-state index in [1.165, 1.54) is 12.1 Å². The predicted octanol–water partition coefficient (Wildman–Crippen LogP) is 6.59. The van der Waals surface area contributed by atoms with Gasteiger partial charge in [-0.3, -0.25) is 0 Å². The Morgan fingerprint density at radius 1 is 0.929 bits per heavy atom. The van der Waals surface area contributed by atoms with Crippen LogP contribution in [0.4, 0.5) is 4.39 Å². The van der Waals surface area contributed by atoms with Crippen molar-refractivity contribution >= 4 is 37.6 Å². The Labute approximate surface area is 179 Å². The number of halogens is 3. The quantitative estimate of drug-likeness (QED) is 0.395. The maximum atomic E-state index is 13.3. The van der Waals surface area contributed by atoms with E-state index in [0.29, 0.717) is 0 Å². The van der Waals surface area contributed by atoms with Crippen molar-refractivity contribution in [2.24, 2.45) is 5.10 Å². The highest BCUT2D eigenvalue weighted by Gasteiger charge is 2.41. The fourth-order valence-corrected chi connectivity index (χ4v) is 4.37. The molecule has 0 saturated carbocycles. The highest BCUT2D eigenvalue weighted by Crippen LogP contribution is 2.48. The molecule has 0 aromatic heterocycles. The molecule has 3 aromatic rings. The van der Waals surface area contributed by atoms with Crippen molar-refractivity contribution in [2.45, 2.75) is 18.7 Å². The van der Waals surface area contributed by atoms with Crippen LogP contribution >= 0.6 is 31.9 Å². The highest BCUT2D eigenvalue weighted by atomic mass is 79.9. The number of nitrogens with zero attached hydrogens (tertiary/aromatic N) is 2. The lowest BCUT2D eigenvalue weighted by atomic mass is 9.96. The van der Waals surface area contributed by atoms with Crippen LogP contribution in [0, 0.1) is 5.82 Å². The van der Waals surface area contributed by atoms with Gasteiger partial charge in [-0.2, -0.15) is 5.10 Å². The predicted molar refractivity (Wildman–Crippen MR) is 114 cm³/mol. The molecule has 0 radical (unpaired) electrons. The fourth-order valence-electron chi connectivity index (χ4n) is 3.72. The van der Waals surface area contributed by atoms with Crippen molar-refractivity contribution in [2.75, 3.05) is 0 Å². The zero-order valence-electron chi connectivity index (χ0n) is 14.6. The Bertz CT molecular complexity index is 1070. The van der Waals surface area contributed by atoms with Crippen LogP contribution in [0.1, 0.15) is 35.4 Å². The molecule has 2 heterocycles. The maximum Gasteiger partial charge on any atom is 0.213 e. The van der Waals surface area contributed by atoms with Crippen molar-refractivity contribution < 1.29 is 9.13 Å². The van der Waals surface area contributed by atoms with Gasteiger partial charge in [-0.1, -0.05) is 56.1 Å². The molecule has 6 heteroatoms. The molecule has 0 bridgehead atoms. The molecule has 2 unspecified atom stereocenters. The van der Waals surface area contributed by atoms with E-state index in [1.54, 1.807) is 12.1 Å². The average molecular weight is 502 g/mol. The lowest BCUT2D eigenvalue weighted by Crippen LogP contribution is -2.33. The number of fused-ring (bicyclic) bond motifs is 3. The molecule has 0 N–H and O–H groups in total. The minimum absolute atomic E-state index is 0.0648. The van der Waals surface area contributed by atoms with E-state index in [9.17, 15) is 4.39 Å². The molecule has 2 atom stereocenters. The van der Waals surface area contributed by atoms with Crippen molar-refractivity contribution in [3.05, 3.63) is 98.2 Å². The van der Waals surface area contributed by atoms with Gasteiger partial charge >= 0.3 is 0 Å². The van der Waals surface area contributed by atoms with Crippen LogP contribution in [0.15, 0.2) is 80.8 Å². The molecule has 0 amide bonds. The van der Waals surface area contributed by atoms with E-state index in [-0.39, 0.29) is 18.1 Å². The van der Waals surface area contributed by atoms with Crippen LogP contribution in [0.5, 0.6) is 5.75 Å². The summed E-state index contributed by atoms with van der Waals surface area (Å²) in [5.41, 5.74) is 4.00. The lowest BCUT2D eigenvalue weighted by molar-refractivity contribution is -0.0190. The summed E-state index contributed by atoms with van der Waals surface area (Å²) in [6.45, 7) is 0. The molecule has 28 heavy (non-hydrogen) atoms. The third-order valence-corrected chi connectivity index (χ3v) is 6.11. The molecule has 3 nitrogen and oxygen atoms in total. The van der Waals surface area contributed by atoms with Crippen molar-refractivity contribution in [3.8, 4) is 5.75 Å². The summed E-state index contributed by atoms with van der Waals surface area (Å²) in [5.74, 6) is 0.623. The number of rotatable bonds is 2. The van der Waals surface area contributed by atoms with Gasteiger partial charge in [0, 0.05) is 26.5 Å². The first-order valence-corrected chi connectivity index (χ1v) is 10.5. The molecular formula is C22H15Br2FN2O. The fraction of sp³-hybridized carbons (Fsp3) is 0.136. The number of ether oxygens (including phenoxy) is 1. The van der Waals surface area contributed by atoms with E-state index >= 15 is 0 Å². The van der Waals surface area contributed by atoms with Gasteiger partial charge in [-0.15, -0.1) is 0 Å². The number of hydrogen-bond acceptors (Lipinski definition) is 3. The Kier molecular flexibility index (Phi) is 4.48. The standard InChI is InChI=1S/C22H15Br2FN2O/c23-15-5-1-14(2-6-15)22-27-20(18-11-16(24)7-10-21(18)28-22)12-19(26-27)13-3-8-17(25)9-4-13/h1-11,20,22H,12H2. The molecule has 0 fully saturated rings. The zero-order chi connectivity index (χ0) is 19.3. The lowest BCUT2D eigenvalue weighted by Gasteiger charge is -2.38. The van der Waals surface area contributed by atoms with Gasteiger partial charge in [0.05, 0.1) is 11.8 Å². The highest BCUT2D eigenvalue weighted by molar-refractivity contribution is 9.10. The topological polar surface area (TPSA) is 24.8 Å². The number of hydrazone groups is 1. The summed E-state index contributed by atoms with van der Waals surface area (Å²) in [5, 5.41) is 6.92. The van der Waals surface area contributed by atoms with E-state index in [4.69, 9.17) is 9.84 Å². The van der Waals surface area contributed by atoms with Gasteiger partial charge in [0.2, 0.25) is 6.23 Å². The van der Waals surface area contributed by atoms with Crippen LogP contribution in [0.25, 0.3) is 0 Å². The average Bonchev–Trinajstić information content (AvgIpc) is 3.14. The largest absolute Gasteiger partial charge is 0.464 e. The summed E-state index contributed by atoms with van der Waals surface area (Å²) in [7, 11) is 0. The van der Waals surface area contributed by atoms with Crippen LogP contribution < -0.4 is 4.74 Å². The SMILES string of the molecule is Fc1ccc(C2=NN3C(C2)c2cc(Br)ccc2OC3c2ccc(Br)cc2)cc1. The summed E-state index contributed by atoms with van der Waals surface area (Å²) in [6.07, 6.45) is 0.426. The normalized spacial score (nSPS) is 20.2. The Morgan fingerprint density at radius 2 is 1.64 bits per heavy atom. The molecular weight excluding hydrogens is 487 g/mol. The van der Waals surface area contributed by atoms with Gasteiger partial charge in [0.15, 0.2) is 0 Å². The molecule has 0 spiro atoms. The van der Waals surface area contributed by atoms with Gasteiger partial charge in [-0.25, -0.2) is 9.40 Å². The van der Waals surface area contributed by atoms with Crippen LogP contribution in [-0.4, -0.2) is 10.7 Å². The third-order valence-electron chi connectivity index (χ3n) is 5.08. The summed E-state index contributed by atoms with van der Waals surface area (Å²) in [6, 6.07) is 20.8. The third kappa shape index (κ3) is 3.14. The zero-order valence-corrected chi connectivity index (χ0v) is 17.8. The first-order chi connectivity index (χ1) is 13.6. The second-order valence-corrected chi connectivity index (χ2v) is 8.69. The first kappa shape index (κ1) is 17.9. The Hall–Kier alpha value is -2.18. The second-order valence-electron chi connectivity index (χ2n) is 6.86. The Balaban J connectivity index is 1.59. The maximum absolute atomic E-state index is 13.3. The number of hydrogen-bond donors (Lipinski definition) is 0. The van der Waals surface area contributed by atoms with Crippen LogP contribution in [-0.2, 0) is 0 Å². The van der Waals surface area contributed by atoms with Gasteiger partial charge < -0.3 is 4.74 Å². The monoisotopic (exact) mass is 500 g/mol. The van der Waals surface area contributed by atoms with Crippen LogP contribution in [0.2, 0.25) is 0 Å². The van der Waals surface area contributed by atoms with Crippen molar-refractivity contribution in [1.82, 2.24) is 5.01 Å². The molecule has 2 aliphatic heterocycles. The summed E-state index contributed by atoms with van der Waals surface area (Å²) in [4.78, 5) is 0. The molecule has 5 rings (SSSR count). The summed E-state index contributed by atoms with van der Waals surface area (Å²) < 4.78 is 21.7. The van der Waals surface area contributed by atoms with Crippen molar-refractivity contribution in [1.29, 1.82) is 0 Å². The molecule has 3 aromatic carbocycles. The first-order valence-electron chi connectivity index (χ1n) is 8.92. The van der Waals surface area contributed by atoms with Gasteiger partial charge in [-0.05, 0) is 48.0 Å². The van der Waals surface area contributed by atoms with E-state index < -0.39 is 0 Å². The molecule has 2 aliphatic rings. The van der Waals surface area contributed by atoms with Crippen LogP contribution in [0.3, 0.4) is 0 Å². The van der Waals surface area contributed by atoms with E-state index in [2.05, 4.69) is 37.9 Å². The smallest absolute Gasteiger partial charge is 0.213 e. The van der Waals surface area contributed by atoms with Gasteiger partial charge in [0.25, 0.3) is 0 Å². The number of benzene rings is 3.